The van der Waals surface area contributed by atoms with E-state index in [2.05, 4.69) is 0 Å². The minimum Gasteiger partial charge on any atom is -0.299 e. The molecule has 0 bridgehead atoms. The smallest absolute Gasteiger partial charge is 0.180 e. The zero-order valence-electron chi connectivity index (χ0n) is 15.3. The molecule has 0 radical (unpaired) electrons. The van der Waals surface area contributed by atoms with Crippen molar-refractivity contribution < 1.29 is 13.6 Å². The number of hydrogen-bond acceptors (Lipinski definition) is 2. The van der Waals surface area contributed by atoms with E-state index in [-0.39, 0.29) is 23.3 Å². The van der Waals surface area contributed by atoms with Crippen molar-refractivity contribution in [2.75, 3.05) is 14.1 Å². The summed E-state index contributed by atoms with van der Waals surface area (Å²) in [4.78, 5) is 15.2. The number of rotatable bonds is 6. The van der Waals surface area contributed by atoms with Crippen LogP contribution in [0.1, 0.15) is 27.4 Å². The third kappa shape index (κ3) is 4.29. The summed E-state index contributed by atoms with van der Waals surface area (Å²) in [6.07, 6.45) is 0. The van der Waals surface area contributed by atoms with Crippen LogP contribution in [0, 0.1) is 11.6 Å². The first-order chi connectivity index (χ1) is 13.0. The van der Waals surface area contributed by atoms with Gasteiger partial charge in [-0.3, -0.25) is 9.69 Å². The third-order valence-electron chi connectivity index (χ3n) is 4.66. The molecule has 0 aliphatic carbocycles. The standard InChI is InChI=1S/C23H21F2NO/c1-26(2)22(23(27)18-6-4-3-5-7-18)21(16-8-12-19(24)13-9-16)17-10-14-20(25)15-11-17/h3-15,21-22H,1-2H3/t22-/m1/s1. The molecule has 2 nitrogen and oxygen atoms in total. The van der Waals surface area contributed by atoms with Crippen molar-refractivity contribution in [3.63, 3.8) is 0 Å². The predicted molar refractivity (Wildman–Crippen MR) is 103 cm³/mol. The highest BCUT2D eigenvalue weighted by Crippen LogP contribution is 2.32. The van der Waals surface area contributed by atoms with Crippen LogP contribution in [-0.4, -0.2) is 30.8 Å². The zero-order chi connectivity index (χ0) is 19.4. The van der Waals surface area contributed by atoms with Crippen molar-refractivity contribution >= 4 is 5.78 Å². The minimum absolute atomic E-state index is 0.0424. The summed E-state index contributed by atoms with van der Waals surface area (Å²) in [6, 6.07) is 20.8. The molecule has 0 saturated carbocycles. The second-order valence-corrected chi connectivity index (χ2v) is 6.72. The van der Waals surface area contributed by atoms with Crippen molar-refractivity contribution in [1.29, 1.82) is 0 Å². The lowest BCUT2D eigenvalue weighted by molar-refractivity contribution is 0.0859. The highest BCUT2D eigenvalue weighted by Gasteiger charge is 2.33. The lowest BCUT2D eigenvalue weighted by Gasteiger charge is -2.32. The van der Waals surface area contributed by atoms with Crippen LogP contribution in [0.5, 0.6) is 0 Å². The summed E-state index contributed by atoms with van der Waals surface area (Å²) >= 11 is 0. The van der Waals surface area contributed by atoms with Gasteiger partial charge in [0.1, 0.15) is 11.6 Å². The van der Waals surface area contributed by atoms with Crippen molar-refractivity contribution in [2.45, 2.75) is 12.0 Å². The van der Waals surface area contributed by atoms with Gasteiger partial charge in [0.25, 0.3) is 0 Å². The van der Waals surface area contributed by atoms with Gasteiger partial charge in [-0.1, -0.05) is 54.6 Å². The van der Waals surface area contributed by atoms with Gasteiger partial charge in [-0.05, 0) is 49.5 Å². The number of hydrogen-bond donors (Lipinski definition) is 0. The van der Waals surface area contributed by atoms with Gasteiger partial charge >= 0.3 is 0 Å². The Morgan fingerprint density at radius 3 is 1.59 bits per heavy atom. The molecule has 138 valence electrons. The first-order valence-corrected chi connectivity index (χ1v) is 8.74. The Bertz CT molecular complexity index is 844. The van der Waals surface area contributed by atoms with Gasteiger partial charge in [0.05, 0.1) is 6.04 Å². The fourth-order valence-corrected chi connectivity index (χ4v) is 3.35. The summed E-state index contributed by atoms with van der Waals surface area (Å²) in [7, 11) is 3.68. The molecule has 0 spiro atoms. The van der Waals surface area contributed by atoms with Gasteiger partial charge in [-0.2, -0.15) is 0 Å². The lowest BCUT2D eigenvalue weighted by atomic mass is 9.81. The van der Waals surface area contributed by atoms with E-state index in [1.807, 2.05) is 37.2 Å². The molecule has 0 heterocycles. The first-order valence-electron chi connectivity index (χ1n) is 8.74. The molecule has 0 aliphatic heterocycles. The molecular weight excluding hydrogens is 344 g/mol. The van der Waals surface area contributed by atoms with Crippen LogP contribution >= 0.6 is 0 Å². The van der Waals surface area contributed by atoms with Crippen LogP contribution in [0.4, 0.5) is 8.78 Å². The Balaban J connectivity index is 2.12. The monoisotopic (exact) mass is 365 g/mol. The topological polar surface area (TPSA) is 20.3 Å². The summed E-state index contributed by atoms with van der Waals surface area (Å²) in [6.45, 7) is 0. The van der Waals surface area contributed by atoms with Gasteiger partial charge in [-0.25, -0.2) is 8.78 Å². The van der Waals surface area contributed by atoms with E-state index < -0.39 is 6.04 Å². The average molecular weight is 365 g/mol. The molecule has 0 N–H and O–H groups in total. The van der Waals surface area contributed by atoms with Crippen LogP contribution in [0.15, 0.2) is 78.9 Å². The quantitative estimate of drug-likeness (QED) is 0.579. The average Bonchev–Trinajstić information content (AvgIpc) is 2.68. The Hall–Kier alpha value is -2.85. The maximum Gasteiger partial charge on any atom is 0.180 e. The molecule has 4 heteroatoms. The predicted octanol–water partition coefficient (Wildman–Crippen LogP) is 4.91. The van der Waals surface area contributed by atoms with E-state index in [0.29, 0.717) is 5.56 Å². The number of carbonyl (C=O) groups excluding carboxylic acids is 1. The van der Waals surface area contributed by atoms with Gasteiger partial charge in [-0.15, -0.1) is 0 Å². The largest absolute Gasteiger partial charge is 0.299 e. The minimum atomic E-state index is -0.525. The maximum absolute atomic E-state index is 13.5. The fourth-order valence-electron chi connectivity index (χ4n) is 3.35. The molecule has 0 unspecified atom stereocenters. The van der Waals surface area contributed by atoms with E-state index >= 15 is 0 Å². The van der Waals surface area contributed by atoms with Gasteiger partial charge in [0.15, 0.2) is 5.78 Å². The van der Waals surface area contributed by atoms with Crippen LogP contribution < -0.4 is 0 Å². The Kier molecular flexibility index (Phi) is 5.77. The number of benzene rings is 3. The lowest BCUT2D eigenvalue weighted by Crippen LogP contribution is -2.41. The molecular formula is C23H21F2NO. The highest BCUT2D eigenvalue weighted by atomic mass is 19.1. The van der Waals surface area contributed by atoms with Crippen molar-refractivity contribution in [1.82, 2.24) is 4.90 Å². The number of nitrogens with zero attached hydrogens (tertiary/aromatic N) is 1. The van der Waals surface area contributed by atoms with E-state index in [1.54, 1.807) is 36.4 Å². The van der Waals surface area contributed by atoms with E-state index in [4.69, 9.17) is 0 Å². The SMILES string of the molecule is CN(C)[C@@H](C(=O)c1ccccc1)C(c1ccc(F)cc1)c1ccc(F)cc1. The molecule has 0 saturated heterocycles. The van der Waals surface area contributed by atoms with Gasteiger partial charge in [0, 0.05) is 11.5 Å². The summed E-state index contributed by atoms with van der Waals surface area (Å²) in [5.74, 6) is -1.09. The molecule has 3 aromatic rings. The number of ketones is 1. The van der Waals surface area contributed by atoms with Crippen molar-refractivity contribution in [3.8, 4) is 0 Å². The second kappa shape index (κ2) is 8.23. The van der Waals surface area contributed by atoms with Crippen LogP contribution in [0.25, 0.3) is 0 Å². The third-order valence-corrected chi connectivity index (χ3v) is 4.66. The van der Waals surface area contributed by atoms with E-state index in [1.165, 1.54) is 24.3 Å². The Labute approximate surface area is 158 Å². The first kappa shape index (κ1) is 18.9. The van der Waals surface area contributed by atoms with Gasteiger partial charge in [0.2, 0.25) is 0 Å². The Morgan fingerprint density at radius 1 is 0.741 bits per heavy atom. The summed E-state index contributed by atoms with van der Waals surface area (Å²) < 4.78 is 26.9. The zero-order valence-corrected chi connectivity index (χ0v) is 15.3. The van der Waals surface area contributed by atoms with E-state index in [9.17, 15) is 13.6 Å². The fraction of sp³-hybridized carbons (Fsp3) is 0.174. The highest BCUT2D eigenvalue weighted by molar-refractivity contribution is 6.01. The van der Waals surface area contributed by atoms with Crippen LogP contribution in [-0.2, 0) is 0 Å². The Morgan fingerprint density at radius 2 is 1.19 bits per heavy atom. The molecule has 3 rings (SSSR count). The molecule has 3 aromatic carbocycles. The maximum atomic E-state index is 13.5. The second-order valence-electron chi connectivity index (χ2n) is 6.72. The molecule has 0 aliphatic rings. The molecule has 0 amide bonds. The summed E-state index contributed by atoms with van der Waals surface area (Å²) in [5.41, 5.74) is 2.20. The normalized spacial score (nSPS) is 12.4. The van der Waals surface area contributed by atoms with Crippen molar-refractivity contribution in [3.05, 3.63) is 107 Å². The van der Waals surface area contributed by atoms with E-state index in [0.717, 1.165) is 11.1 Å². The van der Waals surface area contributed by atoms with Crippen molar-refractivity contribution in [2.24, 2.45) is 0 Å². The molecule has 1 atom stereocenters. The van der Waals surface area contributed by atoms with Crippen LogP contribution in [0.2, 0.25) is 0 Å². The molecule has 27 heavy (non-hydrogen) atoms. The molecule has 0 aromatic heterocycles. The van der Waals surface area contributed by atoms with Crippen LogP contribution in [0.3, 0.4) is 0 Å². The number of carbonyl (C=O) groups is 1. The number of halogens is 2. The van der Waals surface area contributed by atoms with Gasteiger partial charge < -0.3 is 0 Å². The number of Topliss-reactive ketones (excluding diaryl/α,β-unsaturated/α-hetero) is 1. The molecule has 0 fully saturated rings. The number of likely N-dealkylation sites (N-methyl/N-ethyl adjacent to an activating group) is 1. The summed E-state index contributed by atoms with van der Waals surface area (Å²) in [5, 5.41) is 0.